The highest BCUT2D eigenvalue weighted by Crippen LogP contribution is 2.29. The molecule has 0 aromatic rings. The molecular formula is C18H32N2O3. The van der Waals surface area contributed by atoms with E-state index >= 15 is 0 Å². The van der Waals surface area contributed by atoms with Gasteiger partial charge in [0.2, 0.25) is 11.8 Å². The van der Waals surface area contributed by atoms with Crippen LogP contribution in [0.3, 0.4) is 0 Å². The first-order valence-corrected chi connectivity index (χ1v) is 9.37. The highest BCUT2D eigenvalue weighted by Gasteiger charge is 2.30. The molecule has 1 aliphatic carbocycles. The Kier molecular flexibility index (Phi) is 7.86. The third kappa shape index (κ3) is 6.13. The molecule has 1 heterocycles. The largest absolute Gasteiger partial charge is 0.376 e. The Morgan fingerprint density at radius 1 is 0.957 bits per heavy atom. The zero-order valence-corrected chi connectivity index (χ0v) is 14.4. The fraction of sp³-hybridized carbons (Fsp3) is 0.889. The number of nitrogens with one attached hydrogen (secondary N) is 2. The molecule has 2 aliphatic rings. The molecular weight excluding hydrogens is 292 g/mol. The average molecular weight is 324 g/mol. The van der Waals surface area contributed by atoms with Crippen molar-refractivity contribution >= 4 is 11.8 Å². The van der Waals surface area contributed by atoms with E-state index in [1.807, 2.05) is 0 Å². The van der Waals surface area contributed by atoms with Crippen LogP contribution in [0.4, 0.5) is 0 Å². The maximum atomic E-state index is 12.2. The molecule has 2 rings (SSSR count). The summed E-state index contributed by atoms with van der Waals surface area (Å²) in [5.41, 5.74) is 0. The summed E-state index contributed by atoms with van der Waals surface area (Å²) in [4.78, 5) is 24.3. The van der Waals surface area contributed by atoms with Crippen LogP contribution in [0.5, 0.6) is 0 Å². The molecule has 23 heavy (non-hydrogen) atoms. The minimum Gasteiger partial charge on any atom is -0.376 e. The van der Waals surface area contributed by atoms with E-state index in [0.717, 1.165) is 64.5 Å². The van der Waals surface area contributed by atoms with Crippen LogP contribution in [0.15, 0.2) is 0 Å². The monoisotopic (exact) mass is 324 g/mol. The van der Waals surface area contributed by atoms with Gasteiger partial charge in [0.1, 0.15) is 0 Å². The third-order valence-corrected chi connectivity index (χ3v) is 5.08. The maximum absolute atomic E-state index is 12.2. The summed E-state index contributed by atoms with van der Waals surface area (Å²) in [6.07, 6.45) is 9.04. The molecule has 0 spiro atoms. The number of carbonyl (C=O) groups is 2. The topological polar surface area (TPSA) is 67.4 Å². The number of rotatable bonds is 8. The molecule has 1 aliphatic heterocycles. The highest BCUT2D eigenvalue weighted by molar-refractivity contribution is 5.81. The normalized spacial score (nSPS) is 27.6. The Labute approximate surface area is 139 Å². The van der Waals surface area contributed by atoms with Gasteiger partial charge in [-0.15, -0.1) is 0 Å². The molecule has 5 heteroatoms. The van der Waals surface area contributed by atoms with E-state index in [-0.39, 0.29) is 29.8 Å². The predicted molar refractivity (Wildman–Crippen MR) is 90.0 cm³/mol. The first-order valence-electron chi connectivity index (χ1n) is 9.37. The molecule has 2 N–H and O–H groups in total. The van der Waals surface area contributed by atoms with Crippen LogP contribution in [0.2, 0.25) is 0 Å². The van der Waals surface area contributed by atoms with Crippen LogP contribution in [-0.4, -0.2) is 37.6 Å². The number of amides is 2. The molecule has 0 radical (unpaired) electrons. The van der Waals surface area contributed by atoms with Gasteiger partial charge < -0.3 is 15.4 Å². The Bertz CT molecular complexity index is 372. The lowest BCUT2D eigenvalue weighted by atomic mass is 9.81. The van der Waals surface area contributed by atoms with E-state index in [9.17, 15) is 9.59 Å². The van der Waals surface area contributed by atoms with Crippen molar-refractivity contribution in [2.45, 2.75) is 70.8 Å². The van der Waals surface area contributed by atoms with Crippen molar-refractivity contribution in [3.63, 3.8) is 0 Å². The second kappa shape index (κ2) is 9.91. The van der Waals surface area contributed by atoms with Crippen molar-refractivity contribution in [2.24, 2.45) is 11.8 Å². The van der Waals surface area contributed by atoms with E-state index in [2.05, 4.69) is 17.6 Å². The van der Waals surface area contributed by atoms with Crippen molar-refractivity contribution in [1.29, 1.82) is 0 Å². The average Bonchev–Trinajstić information content (AvgIpc) is 3.10. The minimum atomic E-state index is 0.0699. The second-order valence-electron chi connectivity index (χ2n) is 6.93. The van der Waals surface area contributed by atoms with Gasteiger partial charge in [0.05, 0.1) is 6.10 Å². The lowest BCUT2D eigenvalue weighted by molar-refractivity contribution is -0.130. The van der Waals surface area contributed by atoms with E-state index < -0.39 is 0 Å². The quantitative estimate of drug-likeness (QED) is 0.674. The van der Waals surface area contributed by atoms with Gasteiger partial charge in [-0.3, -0.25) is 9.59 Å². The lowest BCUT2D eigenvalue weighted by Gasteiger charge is -2.27. The number of unbranched alkanes of at least 4 members (excludes halogenated alkanes) is 2. The third-order valence-electron chi connectivity index (χ3n) is 5.08. The molecule has 1 saturated heterocycles. The van der Waals surface area contributed by atoms with Crippen LogP contribution in [0.1, 0.15) is 64.7 Å². The molecule has 132 valence electrons. The van der Waals surface area contributed by atoms with Gasteiger partial charge in [0, 0.05) is 31.5 Å². The fourth-order valence-electron chi connectivity index (χ4n) is 3.51. The Morgan fingerprint density at radius 3 is 2.17 bits per heavy atom. The van der Waals surface area contributed by atoms with Crippen molar-refractivity contribution in [1.82, 2.24) is 10.6 Å². The van der Waals surface area contributed by atoms with Crippen LogP contribution in [0.25, 0.3) is 0 Å². The van der Waals surface area contributed by atoms with E-state index in [0.29, 0.717) is 6.54 Å². The smallest absolute Gasteiger partial charge is 0.223 e. The molecule has 1 saturated carbocycles. The maximum Gasteiger partial charge on any atom is 0.223 e. The highest BCUT2D eigenvalue weighted by atomic mass is 16.5. The molecule has 1 unspecified atom stereocenters. The minimum absolute atomic E-state index is 0.0699. The SMILES string of the molecule is CCCCCNC(=O)C1CCC(C(=O)NCC2CCCO2)CC1. The Morgan fingerprint density at radius 2 is 1.61 bits per heavy atom. The second-order valence-corrected chi connectivity index (χ2v) is 6.93. The Balaban J connectivity index is 1.60. The molecule has 0 bridgehead atoms. The summed E-state index contributed by atoms with van der Waals surface area (Å²) in [6, 6.07) is 0. The lowest BCUT2D eigenvalue weighted by Crippen LogP contribution is -2.39. The van der Waals surface area contributed by atoms with Crippen LogP contribution in [0, 0.1) is 11.8 Å². The Hall–Kier alpha value is -1.10. The van der Waals surface area contributed by atoms with Gasteiger partial charge in [-0.1, -0.05) is 19.8 Å². The molecule has 2 fully saturated rings. The first kappa shape index (κ1) is 18.2. The number of carbonyl (C=O) groups excluding carboxylic acids is 2. The molecule has 2 amide bonds. The summed E-state index contributed by atoms with van der Waals surface area (Å²) >= 11 is 0. The predicted octanol–water partition coefficient (Wildman–Crippen LogP) is 2.39. The number of hydrogen-bond donors (Lipinski definition) is 2. The number of hydrogen-bond acceptors (Lipinski definition) is 3. The summed E-state index contributed by atoms with van der Waals surface area (Å²) in [7, 11) is 0. The van der Waals surface area contributed by atoms with Crippen molar-refractivity contribution in [3.05, 3.63) is 0 Å². The van der Waals surface area contributed by atoms with Gasteiger partial charge in [0.25, 0.3) is 0 Å². The van der Waals surface area contributed by atoms with Crippen molar-refractivity contribution in [3.8, 4) is 0 Å². The van der Waals surface area contributed by atoms with Crippen molar-refractivity contribution < 1.29 is 14.3 Å². The van der Waals surface area contributed by atoms with Gasteiger partial charge in [-0.25, -0.2) is 0 Å². The summed E-state index contributed by atoms with van der Waals surface area (Å²) < 4.78 is 5.53. The van der Waals surface area contributed by atoms with Crippen LogP contribution >= 0.6 is 0 Å². The summed E-state index contributed by atoms with van der Waals surface area (Å²) in [6.45, 7) is 4.40. The van der Waals surface area contributed by atoms with Gasteiger partial charge in [-0.05, 0) is 44.9 Å². The van der Waals surface area contributed by atoms with Crippen LogP contribution < -0.4 is 10.6 Å². The van der Waals surface area contributed by atoms with E-state index in [1.165, 1.54) is 6.42 Å². The summed E-state index contributed by atoms with van der Waals surface area (Å²) in [5.74, 6) is 0.487. The summed E-state index contributed by atoms with van der Waals surface area (Å²) in [5, 5.41) is 6.06. The zero-order chi connectivity index (χ0) is 16.5. The van der Waals surface area contributed by atoms with E-state index in [4.69, 9.17) is 4.74 Å². The number of ether oxygens (including phenoxy) is 1. The van der Waals surface area contributed by atoms with Gasteiger partial charge in [-0.2, -0.15) is 0 Å². The first-order chi connectivity index (χ1) is 11.2. The molecule has 5 nitrogen and oxygen atoms in total. The molecule has 0 aromatic carbocycles. The van der Waals surface area contributed by atoms with Gasteiger partial charge >= 0.3 is 0 Å². The fourth-order valence-corrected chi connectivity index (χ4v) is 3.51. The van der Waals surface area contributed by atoms with Gasteiger partial charge in [0.15, 0.2) is 0 Å². The standard InChI is InChI=1S/C18H32N2O3/c1-2-3-4-11-19-17(21)14-7-9-15(10-8-14)18(22)20-13-16-6-5-12-23-16/h14-16H,2-13H2,1H3,(H,19,21)(H,20,22). The zero-order valence-electron chi connectivity index (χ0n) is 14.4. The van der Waals surface area contributed by atoms with E-state index in [1.54, 1.807) is 0 Å². The van der Waals surface area contributed by atoms with Crippen molar-refractivity contribution in [2.75, 3.05) is 19.7 Å². The molecule has 1 atom stereocenters. The van der Waals surface area contributed by atoms with Crippen LogP contribution in [-0.2, 0) is 14.3 Å². The molecule has 0 aromatic heterocycles.